The Morgan fingerprint density at radius 1 is 0.929 bits per heavy atom. The quantitative estimate of drug-likeness (QED) is 0.728. The first-order valence-electron chi connectivity index (χ1n) is 9.05. The molecule has 6 heteroatoms. The number of anilines is 2. The highest BCUT2D eigenvalue weighted by Crippen LogP contribution is 2.33. The molecule has 5 nitrogen and oxygen atoms in total. The maximum atomic E-state index is 13.0. The fourth-order valence-corrected chi connectivity index (χ4v) is 4.59. The Labute approximate surface area is 164 Å². The van der Waals surface area contributed by atoms with Gasteiger partial charge in [-0.15, -0.1) is 0 Å². The number of sulfonamides is 1. The molecule has 0 radical (unpaired) electrons. The number of carbonyl (C=O) groups is 1. The fraction of sp³-hybridized carbons (Fsp3) is 0.136. The Bertz CT molecular complexity index is 1110. The van der Waals surface area contributed by atoms with Crippen LogP contribution in [0.4, 0.5) is 11.4 Å². The van der Waals surface area contributed by atoms with Crippen LogP contribution < -0.4 is 9.62 Å². The SMILES string of the molecule is C[C@@H]1Cc2ccccc2N1C(=O)c1ccc(NS(=O)(=O)c2ccccc2)cc1. The number of carbonyl (C=O) groups excluding carboxylic acids is 1. The summed E-state index contributed by atoms with van der Waals surface area (Å²) in [7, 11) is -3.66. The third-order valence-electron chi connectivity index (χ3n) is 4.86. The van der Waals surface area contributed by atoms with Crippen LogP contribution in [0.2, 0.25) is 0 Å². The summed E-state index contributed by atoms with van der Waals surface area (Å²) in [5.74, 6) is -0.0880. The average Bonchev–Trinajstić information content (AvgIpc) is 3.04. The molecule has 0 fully saturated rings. The van der Waals surface area contributed by atoms with E-state index in [0.29, 0.717) is 11.3 Å². The smallest absolute Gasteiger partial charge is 0.261 e. The van der Waals surface area contributed by atoms with Crippen molar-refractivity contribution in [3.8, 4) is 0 Å². The number of benzene rings is 3. The first-order chi connectivity index (χ1) is 13.5. The molecule has 0 unspecified atom stereocenters. The number of fused-ring (bicyclic) bond motifs is 1. The molecule has 1 aliphatic rings. The van der Waals surface area contributed by atoms with Gasteiger partial charge in [-0.2, -0.15) is 0 Å². The minimum absolute atomic E-state index is 0.0844. The maximum absolute atomic E-state index is 13.0. The zero-order valence-electron chi connectivity index (χ0n) is 15.4. The first-order valence-corrected chi connectivity index (χ1v) is 10.5. The molecule has 142 valence electrons. The van der Waals surface area contributed by atoms with E-state index < -0.39 is 10.0 Å². The number of hydrogen-bond donors (Lipinski definition) is 1. The molecular weight excluding hydrogens is 372 g/mol. The van der Waals surface area contributed by atoms with Gasteiger partial charge in [0, 0.05) is 23.0 Å². The van der Waals surface area contributed by atoms with Crippen LogP contribution in [-0.2, 0) is 16.4 Å². The number of para-hydroxylation sites is 1. The third-order valence-corrected chi connectivity index (χ3v) is 6.26. The predicted octanol–water partition coefficient (Wildman–Crippen LogP) is 4.08. The standard InChI is InChI=1S/C22H20N2O3S/c1-16-15-18-7-5-6-10-21(18)24(16)22(25)17-11-13-19(14-12-17)23-28(26,27)20-8-3-2-4-9-20/h2-14,16,23H,15H2,1H3/t16-/m1/s1. The van der Waals surface area contributed by atoms with E-state index in [-0.39, 0.29) is 16.8 Å². The molecule has 0 aromatic heterocycles. The van der Waals surface area contributed by atoms with Gasteiger partial charge >= 0.3 is 0 Å². The topological polar surface area (TPSA) is 66.5 Å². The third kappa shape index (κ3) is 3.39. The number of hydrogen-bond acceptors (Lipinski definition) is 3. The minimum atomic E-state index is -3.66. The van der Waals surface area contributed by atoms with Gasteiger partial charge in [0.2, 0.25) is 0 Å². The van der Waals surface area contributed by atoms with E-state index in [2.05, 4.69) is 4.72 Å². The maximum Gasteiger partial charge on any atom is 0.261 e. The van der Waals surface area contributed by atoms with Crippen molar-refractivity contribution in [2.75, 3.05) is 9.62 Å². The average molecular weight is 392 g/mol. The second kappa shape index (κ2) is 7.13. The second-order valence-electron chi connectivity index (χ2n) is 6.85. The summed E-state index contributed by atoms with van der Waals surface area (Å²) in [6.45, 7) is 2.03. The highest BCUT2D eigenvalue weighted by Gasteiger charge is 2.31. The Morgan fingerprint density at radius 2 is 1.57 bits per heavy atom. The molecule has 4 rings (SSSR count). The summed E-state index contributed by atoms with van der Waals surface area (Å²) >= 11 is 0. The lowest BCUT2D eigenvalue weighted by atomic mass is 10.1. The summed E-state index contributed by atoms with van der Waals surface area (Å²) in [5, 5.41) is 0. The van der Waals surface area contributed by atoms with Crippen LogP contribution in [0.5, 0.6) is 0 Å². The summed E-state index contributed by atoms with van der Waals surface area (Å²) in [6.07, 6.45) is 0.830. The van der Waals surface area contributed by atoms with Crippen LogP contribution >= 0.6 is 0 Å². The normalized spacial score (nSPS) is 15.9. The van der Waals surface area contributed by atoms with Crippen molar-refractivity contribution in [2.45, 2.75) is 24.3 Å². The van der Waals surface area contributed by atoms with Gasteiger partial charge in [-0.25, -0.2) is 8.42 Å². The summed E-state index contributed by atoms with van der Waals surface area (Å²) < 4.78 is 27.4. The lowest BCUT2D eigenvalue weighted by molar-refractivity contribution is 0.0981. The van der Waals surface area contributed by atoms with Crippen LogP contribution in [0.15, 0.2) is 83.8 Å². The monoisotopic (exact) mass is 392 g/mol. The molecule has 0 aliphatic carbocycles. The van der Waals surface area contributed by atoms with Crippen LogP contribution in [0, 0.1) is 0 Å². The van der Waals surface area contributed by atoms with Gasteiger partial charge in [-0.3, -0.25) is 9.52 Å². The Hall–Kier alpha value is -3.12. The molecule has 3 aromatic carbocycles. The minimum Gasteiger partial charge on any atom is -0.305 e. The van der Waals surface area contributed by atoms with E-state index in [0.717, 1.165) is 17.7 Å². The largest absolute Gasteiger partial charge is 0.305 e. The molecule has 28 heavy (non-hydrogen) atoms. The molecule has 0 bridgehead atoms. The van der Waals surface area contributed by atoms with Crippen molar-refractivity contribution in [3.63, 3.8) is 0 Å². The van der Waals surface area contributed by atoms with E-state index in [1.165, 1.54) is 12.1 Å². The molecule has 0 saturated heterocycles. The summed E-state index contributed by atoms with van der Waals surface area (Å²) in [4.78, 5) is 15.0. The van der Waals surface area contributed by atoms with Gasteiger partial charge in [0.1, 0.15) is 0 Å². The molecule has 1 aliphatic heterocycles. The van der Waals surface area contributed by atoms with Crippen molar-refractivity contribution in [1.82, 2.24) is 0 Å². The van der Waals surface area contributed by atoms with Crippen molar-refractivity contribution in [1.29, 1.82) is 0 Å². The fourth-order valence-electron chi connectivity index (χ4n) is 3.51. The van der Waals surface area contributed by atoms with Crippen molar-refractivity contribution in [3.05, 3.63) is 90.0 Å². The highest BCUT2D eigenvalue weighted by molar-refractivity contribution is 7.92. The summed E-state index contributed by atoms with van der Waals surface area (Å²) in [6, 6.07) is 22.7. The predicted molar refractivity (Wildman–Crippen MR) is 110 cm³/mol. The molecule has 0 saturated carbocycles. The lowest BCUT2D eigenvalue weighted by Crippen LogP contribution is -2.35. The van der Waals surface area contributed by atoms with Crippen LogP contribution in [0.1, 0.15) is 22.8 Å². The van der Waals surface area contributed by atoms with Crippen molar-refractivity contribution < 1.29 is 13.2 Å². The van der Waals surface area contributed by atoms with Crippen molar-refractivity contribution in [2.24, 2.45) is 0 Å². The van der Waals surface area contributed by atoms with E-state index in [9.17, 15) is 13.2 Å². The number of nitrogens with zero attached hydrogens (tertiary/aromatic N) is 1. The molecule has 1 heterocycles. The first kappa shape index (κ1) is 18.3. The Kier molecular flexibility index (Phi) is 4.65. The zero-order chi connectivity index (χ0) is 19.7. The van der Waals surface area contributed by atoms with E-state index in [4.69, 9.17) is 0 Å². The molecule has 0 spiro atoms. The van der Waals surface area contributed by atoms with Gasteiger partial charge in [0.15, 0.2) is 0 Å². The molecule has 1 atom stereocenters. The van der Waals surface area contributed by atoms with Crippen LogP contribution in [0.25, 0.3) is 0 Å². The Morgan fingerprint density at radius 3 is 2.29 bits per heavy atom. The number of rotatable bonds is 4. The molecular formula is C22H20N2O3S. The molecule has 1 amide bonds. The van der Waals surface area contributed by atoms with Gasteiger partial charge in [0.05, 0.1) is 4.90 Å². The zero-order valence-corrected chi connectivity index (χ0v) is 16.2. The number of amides is 1. The molecule has 3 aromatic rings. The Balaban J connectivity index is 1.55. The van der Waals surface area contributed by atoms with Gasteiger partial charge < -0.3 is 4.90 Å². The van der Waals surface area contributed by atoms with Gasteiger partial charge in [0.25, 0.3) is 15.9 Å². The van der Waals surface area contributed by atoms with Gasteiger partial charge in [-0.1, -0.05) is 36.4 Å². The van der Waals surface area contributed by atoms with E-state index in [1.807, 2.05) is 31.2 Å². The van der Waals surface area contributed by atoms with Gasteiger partial charge in [-0.05, 0) is 61.4 Å². The van der Waals surface area contributed by atoms with Crippen LogP contribution in [0.3, 0.4) is 0 Å². The van der Waals surface area contributed by atoms with Crippen molar-refractivity contribution >= 4 is 27.3 Å². The van der Waals surface area contributed by atoms with E-state index >= 15 is 0 Å². The summed E-state index contributed by atoms with van der Waals surface area (Å²) in [5.41, 5.74) is 3.03. The van der Waals surface area contributed by atoms with Crippen LogP contribution in [-0.4, -0.2) is 20.4 Å². The lowest BCUT2D eigenvalue weighted by Gasteiger charge is -2.23. The molecule has 1 N–H and O–H groups in total. The highest BCUT2D eigenvalue weighted by atomic mass is 32.2. The number of nitrogens with one attached hydrogen (secondary N) is 1. The van der Waals surface area contributed by atoms with E-state index in [1.54, 1.807) is 47.4 Å². The second-order valence-corrected chi connectivity index (χ2v) is 8.54.